The highest BCUT2D eigenvalue weighted by Gasteiger charge is 2.65. The first-order chi connectivity index (χ1) is 16.8. The van der Waals surface area contributed by atoms with Crippen LogP contribution in [0.1, 0.15) is 89.4 Å². The molecule has 6 nitrogen and oxygen atoms in total. The lowest BCUT2D eigenvalue weighted by atomic mass is 9.46. The molecule has 196 valence electrons. The fourth-order valence-electron chi connectivity index (χ4n) is 8.53. The molecule has 4 aliphatic carbocycles. The molecule has 5 rings (SSSR count). The summed E-state index contributed by atoms with van der Waals surface area (Å²) >= 11 is 0. The van der Waals surface area contributed by atoms with E-state index in [0.29, 0.717) is 42.6 Å². The van der Waals surface area contributed by atoms with Crippen molar-refractivity contribution in [2.24, 2.45) is 28.6 Å². The zero-order chi connectivity index (χ0) is 26.1. The fourth-order valence-corrected chi connectivity index (χ4v) is 8.53. The van der Waals surface area contributed by atoms with Crippen LogP contribution in [-0.2, 0) is 14.3 Å². The van der Waals surface area contributed by atoms with Gasteiger partial charge in [-0.05, 0) is 81.1 Å². The maximum Gasteiger partial charge on any atom is 0.337 e. The van der Waals surface area contributed by atoms with Gasteiger partial charge in [0.25, 0.3) is 0 Å². The lowest BCUT2D eigenvalue weighted by Crippen LogP contribution is -2.57. The Balaban J connectivity index is 1.38. The van der Waals surface area contributed by atoms with Crippen LogP contribution in [0, 0.1) is 35.5 Å². The summed E-state index contributed by atoms with van der Waals surface area (Å²) < 4.78 is 5.98. The van der Waals surface area contributed by atoms with Crippen molar-refractivity contribution in [1.29, 1.82) is 0 Å². The average Bonchev–Trinajstić information content (AvgIpc) is 3.11. The SMILES string of the molecule is CC(=O)[C@@]1(O)CC[C@H]2[C@@H]3CC=C4C[C@](O)(OC(C(=O)O)c5ccc(C)cc5)CC[C@]4(C)[C@H]3CC[C@@]21C. The Morgan fingerprint density at radius 2 is 1.67 bits per heavy atom. The van der Waals surface area contributed by atoms with Gasteiger partial charge in [0.2, 0.25) is 0 Å². The van der Waals surface area contributed by atoms with Crippen molar-refractivity contribution in [3.63, 3.8) is 0 Å². The van der Waals surface area contributed by atoms with E-state index in [2.05, 4.69) is 19.9 Å². The fraction of sp³-hybridized carbons (Fsp3) is 0.667. The summed E-state index contributed by atoms with van der Waals surface area (Å²) in [5.41, 5.74) is 1.01. The Kier molecular flexibility index (Phi) is 6.05. The summed E-state index contributed by atoms with van der Waals surface area (Å²) in [7, 11) is 0. The van der Waals surface area contributed by atoms with E-state index in [1.54, 1.807) is 12.1 Å². The summed E-state index contributed by atoms with van der Waals surface area (Å²) in [5.74, 6) is -1.62. The number of ketones is 1. The van der Waals surface area contributed by atoms with Crippen LogP contribution in [0.3, 0.4) is 0 Å². The molecule has 6 heteroatoms. The normalized spacial score (nSPS) is 42.5. The van der Waals surface area contributed by atoms with Gasteiger partial charge in [0, 0.05) is 18.3 Å². The second-order valence-electron chi connectivity index (χ2n) is 12.5. The van der Waals surface area contributed by atoms with Gasteiger partial charge in [0.05, 0.1) is 0 Å². The van der Waals surface area contributed by atoms with E-state index in [0.717, 1.165) is 43.2 Å². The van der Waals surface area contributed by atoms with E-state index in [1.807, 2.05) is 19.1 Å². The lowest BCUT2D eigenvalue weighted by Gasteiger charge is -2.59. The van der Waals surface area contributed by atoms with Gasteiger partial charge in [0.15, 0.2) is 17.7 Å². The zero-order valence-corrected chi connectivity index (χ0v) is 21.9. The third kappa shape index (κ3) is 3.71. The number of hydrogen-bond acceptors (Lipinski definition) is 5. The third-order valence-electron chi connectivity index (χ3n) is 10.8. The topological polar surface area (TPSA) is 104 Å². The number of carboxylic acid groups (broad SMARTS) is 1. The summed E-state index contributed by atoms with van der Waals surface area (Å²) in [6, 6.07) is 7.20. The Hall–Kier alpha value is -2.02. The van der Waals surface area contributed by atoms with Crippen LogP contribution in [0.15, 0.2) is 35.9 Å². The van der Waals surface area contributed by atoms with Gasteiger partial charge in [-0.25, -0.2) is 4.79 Å². The number of aryl methyl sites for hydroxylation is 1. The minimum atomic E-state index is -1.53. The molecule has 36 heavy (non-hydrogen) atoms. The Morgan fingerprint density at radius 3 is 2.31 bits per heavy atom. The van der Waals surface area contributed by atoms with Crippen molar-refractivity contribution in [2.75, 3.05) is 0 Å². The number of rotatable bonds is 5. The number of Topliss-reactive ketones (excluding diaryl/α,β-unsaturated/α-hetero) is 1. The van der Waals surface area contributed by atoms with Crippen molar-refractivity contribution in [1.82, 2.24) is 0 Å². The highest BCUT2D eigenvalue weighted by molar-refractivity contribution is 5.86. The number of ether oxygens (including phenoxy) is 1. The van der Waals surface area contributed by atoms with Crippen LogP contribution >= 0.6 is 0 Å². The molecule has 0 spiro atoms. The van der Waals surface area contributed by atoms with Crippen molar-refractivity contribution in [3.05, 3.63) is 47.0 Å². The monoisotopic (exact) mass is 496 g/mol. The maximum absolute atomic E-state index is 12.5. The molecule has 0 aliphatic heterocycles. The molecule has 3 N–H and O–H groups in total. The Bertz CT molecular complexity index is 1090. The quantitative estimate of drug-likeness (QED) is 0.387. The summed E-state index contributed by atoms with van der Waals surface area (Å²) in [6.45, 7) is 7.88. The van der Waals surface area contributed by atoms with Gasteiger partial charge >= 0.3 is 5.97 Å². The molecular formula is C30H40O6. The second-order valence-corrected chi connectivity index (χ2v) is 12.5. The molecule has 1 aromatic carbocycles. The molecule has 3 saturated carbocycles. The van der Waals surface area contributed by atoms with Crippen LogP contribution in [0.25, 0.3) is 0 Å². The van der Waals surface area contributed by atoms with Crippen LogP contribution in [0.4, 0.5) is 0 Å². The predicted octanol–water partition coefficient (Wildman–Crippen LogP) is 5.11. The highest BCUT2D eigenvalue weighted by atomic mass is 16.6. The first kappa shape index (κ1) is 25.6. The summed E-state index contributed by atoms with van der Waals surface area (Å²) in [4.78, 5) is 24.5. The van der Waals surface area contributed by atoms with Gasteiger partial charge in [-0.3, -0.25) is 4.79 Å². The zero-order valence-electron chi connectivity index (χ0n) is 21.9. The molecule has 1 aromatic rings. The number of carbonyl (C=O) groups excluding carboxylic acids is 1. The van der Waals surface area contributed by atoms with E-state index >= 15 is 0 Å². The van der Waals surface area contributed by atoms with Gasteiger partial charge < -0.3 is 20.1 Å². The average molecular weight is 497 g/mol. The van der Waals surface area contributed by atoms with Gasteiger partial charge in [-0.15, -0.1) is 0 Å². The van der Waals surface area contributed by atoms with Crippen LogP contribution in [-0.4, -0.2) is 38.5 Å². The molecule has 0 amide bonds. The van der Waals surface area contributed by atoms with Crippen LogP contribution < -0.4 is 0 Å². The number of benzene rings is 1. The number of hydrogen-bond donors (Lipinski definition) is 3. The number of carboxylic acids is 1. The third-order valence-corrected chi connectivity index (χ3v) is 10.8. The molecule has 3 fully saturated rings. The van der Waals surface area contributed by atoms with Crippen LogP contribution in [0.2, 0.25) is 0 Å². The van der Waals surface area contributed by atoms with Crippen molar-refractivity contribution < 1.29 is 29.6 Å². The van der Waals surface area contributed by atoms with Gasteiger partial charge in [-0.1, -0.05) is 55.3 Å². The van der Waals surface area contributed by atoms with Crippen molar-refractivity contribution >= 4 is 11.8 Å². The maximum atomic E-state index is 12.5. The second kappa shape index (κ2) is 8.50. The molecule has 0 aromatic heterocycles. The first-order valence-corrected chi connectivity index (χ1v) is 13.5. The molecular weight excluding hydrogens is 456 g/mol. The van der Waals surface area contributed by atoms with Crippen LogP contribution in [0.5, 0.6) is 0 Å². The smallest absolute Gasteiger partial charge is 0.337 e. The summed E-state index contributed by atoms with van der Waals surface area (Å²) in [6.07, 6.45) is 6.47. The van der Waals surface area contributed by atoms with E-state index in [9.17, 15) is 24.9 Å². The molecule has 0 saturated heterocycles. The standard InChI is InChI=1S/C30H40O6/c1-18-5-7-20(8-6-18)25(26(32)33)36-29(34)16-15-27(3)21(17-29)9-10-22-23(27)11-13-28(4)24(22)12-14-30(28,35)19(2)31/h5-9,22-25,34-35H,10-17H2,1-4H3,(H,32,33)/t22-,23+,24+,25?,27+,28+,29-,30+/m1/s1. The van der Waals surface area contributed by atoms with E-state index < -0.39 is 23.5 Å². The molecule has 0 radical (unpaired) electrons. The molecule has 8 atom stereocenters. The predicted molar refractivity (Wildman–Crippen MR) is 135 cm³/mol. The number of carbonyl (C=O) groups is 2. The minimum absolute atomic E-state index is 0.0979. The largest absolute Gasteiger partial charge is 0.479 e. The number of fused-ring (bicyclic) bond motifs is 5. The van der Waals surface area contributed by atoms with E-state index in [1.165, 1.54) is 6.92 Å². The molecule has 4 aliphatic rings. The lowest BCUT2D eigenvalue weighted by molar-refractivity contribution is -0.252. The first-order valence-electron chi connectivity index (χ1n) is 13.5. The van der Waals surface area contributed by atoms with Gasteiger partial charge in [-0.2, -0.15) is 0 Å². The number of aliphatic carboxylic acids is 1. The highest BCUT2D eigenvalue weighted by Crippen LogP contribution is 2.67. The van der Waals surface area contributed by atoms with E-state index in [-0.39, 0.29) is 16.6 Å². The minimum Gasteiger partial charge on any atom is -0.479 e. The van der Waals surface area contributed by atoms with Crippen molar-refractivity contribution in [2.45, 2.75) is 96.6 Å². The molecule has 0 heterocycles. The Labute approximate surface area is 213 Å². The number of aliphatic hydroxyl groups is 2. The van der Waals surface area contributed by atoms with Crippen molar-refractivity contribution in [3.8, 4) is 0 Å². The van der Waals surface area contributed by atoms with E-state index in [4.69, 9.17) is 4.74 Å². The Morgan fingerprint density at radius 1 is 1.00 bits per heavy atom. The number of allylic oxidation sites excluding steroid dienone is 1. The van der Waals surface area contributed by atoms with Gasteiger partial charge in [0.1, 0.15) is 5.60 Å². The molecule has 0 bridgehead atoms. The molecule has 1 unspecified atom stereocenters. The summed E-state index contributed by atoms with van der Waals surface area (Å²) in [5, 5.41) is 32.7.